The number of carbonyl (C=O) groups is 2. The molecule has 0 bridgehead atoms. The van der Waals surface area contributed by atoms with E-state index >= 15 is 0 Å². The lowest BCUT2D eigenvalue weighted by molar-refractivity contribution is -0.133. The standard InChI is InChI=1S/C21H24N2O3/c1-14(24)23-11-9-15-5-2-3-6-16(15)19(23)13-21(25)22-18-7-4-8-20-17(18)10-12-26-20/h2-3,5-6,10,12,18-19H,4,7-9,11,13H2,1H3,(H,22,25)/t18-,19-/m1/s1. The van der Waals surface area contributed by atoms with Gasteiger partial charge in [0.05, 0.1) is 24.8 Å². The molecule has 1 aliphatic heterocycles. The van der Waals surface area contributed by atoms with Crippen LogP contribution in [0.5, 0.6) is 0 Å². The highest BCUT2D eigenvalue weighted by molar-refractivity contribution is 5.80. The van der Waals surface area contributed by atoms with E-state index in [1.165, 1.54) is 5.56 Å². The van der Waals surface area contributed by atoms with Crippen molar-refractivity contribution < 1.29 is 14.0 Å². The Morgan fingerprint density at radius 2 is 2.04 bits per heavy atom. The number of aryl methyl sites for hydroxylation is 1. The van der Waals surface area contributed by atoms with E-state index in [0.717, 1.165) is 42.6 Å². The predicted molar refractivity (Wildman–Crippen MR) is 97.4 cm³/mol. The van der Waals surface area contributed by atoms with E-state index < -0.39 is 0 Å². The van der Waals surface area contributed by atoms with Crippen LogP contribution in [-0.4, -0.2) is 23.3 Å². The third kappa shape index (κ3) is 3.14. The average molecular weight is 352 g/mol. The van der Waals surface area contributed by atoms with E-state index in [9.17, 15) is 9.59 Å². The van der Waals surface area contributed by atoms with Crippen molar-refractivity contribution in [3.8, 4) is 0 Å². The molecule has 26 heavy (non-hydrogen) atoms. The Morgan fingerprint density at radius 1 is 1.19 bits per heavy atom. The van der Waals surface area contributed by atoms with Gasteiger partial charge in [-0.05, 0) is 36.5 Å². The van der Waals surface area contributed by atoms with E-state index in [4.69, 9.17) is 4.42 Å². The number of nitrogens with one attached hydrogen (secondary N) is 1. The van der Waals surface area contributed by atoms with Crippen molar-refractivity contribution in [2.45, 2.75) is 51.1 Å². The van der Waals surface area contributed by atoms with Crippen molar-refractivity contribution >= 4 is 11.8 Å². The topological polar surface area (TPSA) is 62.6 Å². The first-order chi connectivity index (χ1) is 12.6. The molecule has 0 radical (unpaired) electrons. The molecule has 4 rings (SSSR count). The van der Waals surface area contributed by atoms with E-state index in [-0.39, 0.29) is 23.9 Å². The Kier molecular flexibility index (Phi) is 4.53. The quantitative estimate of drug-likeness (QED) is 0.922. The van der Waals surface area contributed by atoms with Crippen LogP contribution < -0.4 is 5.32 Å². The number of benzene rings is 1. The van der Waals surface area contributed by atoms with E-state index in [0.29, 0.717) is 13.0 Å². The molecule has 1 N–H and O–H groups in total. The van der Waals surface area contributed by atoms with Gasteiger partial charge >= 0.3 is 0 Å². The number of hydrogen-bond donors (Lipinski definition) is 1. The van der Waals surface area contributed by atoms with Gasteiger partial charge in [-0.2, -0.15) is 0 Å². The number of fused-ring (bicyclic) bond motifs is 2. The largest absolute Gasteiger partial charge is 0.469 e. The van der Waals surface area contributed by atoms with Gasteiger partial charge in [0.15, 0.2) is 0 Å². The highest BCUT2D eigenvalue weighted by Crippen LogP contribution is 2.34. The Morgan fingerprint density at radius 3 is 2.88 bits per heavy atom. The monoisotopic (exact) mass is 352 g/mol. The van der Waals surface area contributed by atoms with E-state index in [2.05, 4.69) is 11.4 Å². The molecule has 5 nitrogen and oxygen atoms in total. The average Bonchev–Trinajstić information content (AvgIpc) is 3.11. The summed E-state index contributed by atoms with van der Waals surface area (Å²) in [6, 6.07) is 9.90. The Balaban J connectivity index is 1.52. The minimum absolute atomic E-state index is 0.00890. The first-order valence-corrected chi connectivity index (χ1v) is 9.34. The molecular weight excluding hydrogens is 328 g/mol. The predicted octanol–water partition coefficient (Wildman–Crippen LogP) is 3.31. The molecule has 2 amide bonds. The number of amides is 2. The third-order valence-electron chi connectivity index (χ3n) is 5.58. The fourth-order valence-electron chi connectivity index (χ4n) is 4.31. The number of rotatable bonds is 3. The summed E-state index contributed by atoms with van der Waals surface area (Å²) in [5.74, 6) is 0.985. The van der Waals surface area contributed by atoms with Crippen molar-refractivity contribution in [1.29, 1.82) is 0 Å². The third-order valence-corrected chi connectivity index (χ3v) is 5.58. The molecular formula is C21H24N2O3. The molecule has 2 aliphatic rings. The molecule has 1 aromatic carbocycles. The van der Waals surface area contributed by atoms with Gasteiger partial charge in [0.25, 0.3) is 0 Å². The van der Waals surface area contributed by atoms with Crippen molar-refractivity contribution in [2.75, 3.05) is 6.54 Å². The number of nitrogens with zero attached hydrogens (tertiary/aromatic N) is 1. The Hall–Kier alpha value is -2.56. The molecule has 2 aromatic rings. The van der Waals surface area contributed by atoms with Crippen molar-refractivity contribution in [1.82, 2.24) is 10.2 Å². The van der Waals surface area contributed by atoms with Crippen molar-refractivity contribution in [3.05, 3.63) is 59.0 Å². The fraction of sp³-hybridized carbons (Fsp3) is 0.429. The molecule has 0 saturated carbocycles. The summed E-state index contributed by atoms with van der Waals surface area (Å²) in [6.07, 6.45) is 5.70. The van der Waals surface area contributed by atoms with Crippen LogP contribution in [0.15, 0.2) is 41.0 Å². The SMILES string of the molecule is CC(=O)N1CCc2ccccc2[C@H]1CC(=O)N[C@@H]1CCCc2occc21. The summed E-state index contributed by atoms with van der Waals surface area (Å²) < 4.78 is 5.51. The minimum atomic E-state index is -0.190. The maximum Gasteiger partial charge on any atom is 0.222 e. The molecule has 2 heterocycles. The lowest BCUT2D eigenvalue weighted by Gasteiger charge is -2.37. The van der Waals surface area contributed by atoms with Crippen LogP contribution in [0.25, 0.3) is 0 Å². The van der Waals surface area contributed by atoms with Crippen LogP contribution in [0.1, 0.15) is 60.7 Å². The summed E-state index contributed by atoms with van der Waals surface area (Å²) in [7, 11) is 0. The Labute approximate surface area is 153 Å². The van der Waals surface area contributed by atoms with Gasteiger partial charge in [-0.1, -0.05) is 24.3 Å². The zero-order valence-corrected chi connectivity index (χ0v) is 15.0. The second-order valence-corrected chi connectivity index (χ2v) is 7.19. The zero-order valence-electron chi connectivity index (χ0n) is 15.0. The number of furan rings is 1. The molecule has 0 saturated heterocycles. The van der Waals surface area contributed by atoms with Crippen LogP contribution in [0.3, 0.4) is 0 Å². The van der Waals surface area contributed by atoms with Crippen LogP contribution in [-0.2, 0) is 22.4 Å². The van der Waals surface area contributed by atoms with E-state index in [1.807, 2.05) is 29.2 Å². The molecule has 0 spiro atoms. The maximum absolute atomic E-state index is 12.8. The van der Waals surface area contributed by atoms with Gasteiger partial charge < -0.3 is 14.6 Å². The van der Waals surface area contributed by atoms with Gasteiger partial charge in [0, 0.05) is 25.5 Å². The highest BCUT2D eigenvalue weighted by atomic mass is 16.3. The summed E-state index contributed by atoms with van der Waals surface area (Å²) in [6.45, 7) is 2.25. The summed E-state index contributed by atoms with van der Waals surface area (Å²) in [4.78, 5) is 26.7. The summed E-state index contributed by atoms with van der Waals surface area (Å²) >= 11 is 0. The van der Waals surface area contributed by atoms with Gasteiger partial charge in [-0.25, -0.2) is 0 Å². The summed E-state index contributed by atoms with van der Waals surface area (Å²) in [5, 5.41) is 3.16. The second-order valence-electron chi connectivity index (χ2n) is 7.19. The molecule has 2 atom stereocenters. The number of carbonyl (C=O) groups excluding carboxylic acids is 2. The smallest absolute Gasteiger partial charge is 0.222 e. The van der Waals surface area contributed by atoms with Crippen molar-refractivity contribution in [3.63, 3.8) is 0 Å². The lowest BCUT2D eigenvalue weighted by atomic mass is 9.89. The van der Waals surface area contributed by atoms with Gasteiger partial charge in [-0.3, -0.25) is 9.59 Å². The van der Waals surface area contributed by atoms with Gasteiger partial charge in [0.2, 0.25) is 11.8 Å². The van der Waals surface area contributed by atoms with Crippen LogP contribution >= 0.6 is 0 Å². The first-order valence-electron chi connectivity index (χ1n) is 9.34. The maximum atomic E-state index is 12.8. The molecule has 5 heteroatoms. The fourth-order valence-corrected chi connectivity index (χ4v) is 4.31. The van der Waals surface area contributed by atoms with Crippen LogP contribution in [0.2, 0.25) is 0 Å². The highest BCUT2D eigenvalue weighted by Gasteiger charge is 2.32. The van der Waals surface area contributed by atoms with Crippen LogP contribution in [0, 0.1) is 0 Å². The van der Waals surface area contributed by atoms with Crippen molar-refractivity contribution in [2.24, 2.45) is 0 Å². The second kappa shape index (κ2) is 6.98. The molecule has 0 fully saturated rings. The normalized spacial score (nSPS) is 21.7. The molecule has 136 valence electrons. The van der Waals surface area contributed by atoms with Crippen LogP contribution in [0.4, 0.5) is 0 Å². The molecule has 1 aromatic heterocycles. The lowest BCUT2D eigenvalue weighted by Crippen LogP contribution is -2.41. The van der Waals surface area contributed by atoms with E-state index in [1.54, 1.807) is 13.2 Å². The zero-order chi connectivity index (χ0) is 18.1. The minimum Gasteiger partial charge on any atom is -0.469 e. The van der Waals surface area contributed by atoms with Gasteiger partial charge in [-0.15, -0.1) is 0 Å². The first kappa shape index (κ1) is 16.9. The molecule has 1 aliphatic carbocycles. The number of hydrogen-bond acceptors (Lipinski definition) is 3. The van der Waals surface area contributed by atoms with Gasteiger partial charge in [0.1, 0.15) is 5.76 Å². The Bertz CT molecular complexity index is 826. The molecule has 0 unspecified atom stereocenters. The summed E-state index contributed by atoms with van der Waals surface area (Å²) in [5.41, 5.74) is 3.42.